The molecule has 0 saturated carbocycles. The van der Waals surface area contributed by atoms with Gasteiger partial charge in [0.15, 0.2) is 5.69 Å². The second-order valence-corrected chi connectivity index (χ2v) is 10.5. The number of fused-ring (bicyclic) bond motifs is 1. The number of hydrogen-bond donors (Lipinski definition) is 2. The lowest BCUT2D eigenvalue weighted by Crippen LogP contribution is -2.30. The summed E-state index contributed by atoms with van der Waals surface area (Å²) in [6.07, 6.45) is 3.69. The van der Waals surface area contributed by atoms with Crippen LogP contribution in [0.2, 0.25) is 0 Å². The maximum absolute atomic E-state index is 13.2. The van der Waals surface area contributed by atoms with Crippen molar-refractivity contribution in [2.45, 2.75) is 38.7 Å². The molecule has 0 unspecified atom stereocenters. The second kappa shape index (κ2) is 9.86. The van der Waals surface area contributed by atoms with Gasteiger partial charge >= 0.3 is 21.5 Å². The van der Waals surface area contributed by atoms with Gasteiger partial charge < -0.3 is 14.1 Å². The van der Waals surface area contributed by atoms with E-state index >= 15 is 0 Å². The summed E-state index contributed by atoms with van der Waals surface area (Å²) in [5, 5.41) is 9.95. The number of aromatic carboxylic acids is 1. The van der Waals surface area contributed by atoms with Crippen molar-refractivity contribution in [2.24, 2.45) is 0 Å². The lowest BCUT2D eigenvalue weighted by molar-refractivity contribution is -0.0429. The molecule has 0 amide bonds. The number of aromatic nitrogens is 2. The van der Waals surface area contributed by atoms with E-state index < -0.39 is 21.5 Å². The number of para-hydroxylation sites is 1. The third kappa shape index (κ3) is 4.73. The van der Waals surface area contributed by atoms with E-state index in [1.54, 1.807) is 28.3 Å². The zero-order chi connectivity index (χ0) is 27.1. The number of carboxylic acids is 1. The molecule has 2 aliphatic rings. The Labute approximate surface area is 218 Å². The predicted molar refractivity (Wildman–Crippen MR) is 134 cm³/mol. The molecule has 0 saturated heterocycles. The maximum atomic E-state index is 13.2. The van der Waals surface area contributed by atoms with Crippen LogP contribution in [0.15, 0.2) is 51.7 Å². The zero-order valence-electron chi connectivity index (χ0n) is 19.6. The largest absolute Gasteiger partial charge is 0.516 e. The average molecular weight is 600 g/mol. The van der Waals surface area contributed by atoms with Crippen molar-refractivity contribution in [3.63, 3.8) is 0 Å². The Morgan fingerprint density at radius 2 is 1.84 bits per heavy atom. The number of alkyl halides is 3. The molecule has 1 aliphatic heterocycles. The minimum atomic E-state index is -5.70. The molecule has 13 heteroatoms. The number of nitrogens with zero attached hydrogens (tertiary/aromatic N) is 2. The van der Waals surface area contributed by atoms with Gasteiger partial charge in [-0.25, -0.2) is 9.78 Å². The minimum Gasteiger partial charge on any atom is -0.477 e. The molecule has 0 bridgehead atoms. The molecule has 8 nitrogen and oxygen atoms in total. The van der Waals surface area contributed by atoms with E-state index in [1.807, 2.05) is 6.92 Å². The number of halogens is 4. The van der Waals surface area contributed by atoms with Crippen molar-refractivity contribution in [3.05, 3.63) is 70.1 Å². The monoisotopic (exact) mass is 599 g/mol. The fourth-order valence-corrected chi connectivity index (χ4v) is 5.62. The van der Waals surface area contributed by atoms with Crippen LogP contribution in [0.5, 0.6) is 0 Å². The smallest absolute Gasteiger partial charge is 0.477 e. The number of rotatable bonds is 8. The van der Waals surface area contributed by atoms with Crippen LogP contribution in [0, 0.1) is 0 Å². The van der Waals surface area contributed by atoms with Crippen LogP contribution in [0.25, 0.3) is 22.3 Å². The highest BCUT2D eigenvalue weighted by Crippen LogP contribution is 2.48. The average Bonchev–Trinajstić information content (AvgIpc) is 3.34. The van der Waals surface area contributed by atoms with Crippen molar-refractivity contribution in [2.75, 3.05) is 4.72 Å². The normalized spacial score (nSPS) is 12.3. The highest BCUT2D eigenvalue weighted by atomic mass is 79.9. The molecule has 196 valence electrons. The van der Waals surface area contributed by atoms with Gasteiger partial charge in [-0.3, -0.25) is 4.72 Å². The molecule has 1 aliphatic carbocycles. The first-order valence-corrected chi connectivity index (χ1v) is 13.3. The molecule has 2 aromatic rings. The molecule has 2 N–H and O–H groups in total. The predicted octanol–water partition coefficient (Wildman–Crippen LogP) is 6.14. The van der Waals surface area contributed by atoms with Crippen molar-refractivity contribution in [1.29, 1.82) is 0 Å². The van der Waals surface area contributed by atoms with Gasteiger partial charge in [0, 0.05) is 27.6 Å². The number of carboxylic acid groups (broad SMARTS) is 1. The first kappa shape index (κ1) is 26.7. The highest BCUT2D eigenvalue weighted by molar-refractivity contribution is 9.10. The summed E-state index contributed by atoms with van der Waals surface area (Å²) in [5.74, 6) is -0.633. The Morgan fingerprint density at radius 3 is 2.46 bits per heavy atom. The topological polar surface area (TPSA) is 114 Å². The van der Waals surface area contributed by atoms with Gasteiger partial charge in [-0.05, 0) is 45.6 Å². The number of hydrogen-bond acceptors (Lipinski definition) is 5. The number of sulfonamides is 1. The van der Waals surface area contributed by atoms with Gasteiger partial charge in [-0.2, -0.15) is 21.6 Å². The van der Waals surface area contributed by atoms with E-state index in [4.69, 9.17) is 4.42 Å². The third-order valence-electron chi connectivity index (χ3n) is 5.91. The number of carbonyl (C=O) groups is 1. The van der Waals surface area contributed by atoms with Crippen LogP contribution in [0.3, 0.4) is 0 Å². The van der Waals surface area contributed by atoms with Gasteiger partial charge in [0.1, 0.15) is 5.82 Å². The minimum absolute atomic E-state index is 0.0135. The van der Waals surface area contributed by atoms with Crippen LogP contribution in [-0.2, 0) is 29.4 Å². The van der Waals surface area contributed by atoms with Gasteiger partial charge in [0.2, 0.25) is 0 Å². The van der Waals surface area contributed by atoms with Crippen molar-refractivity contribution >= 4 is 37.6 Å². The van der Waals surface area contributed by atoms with E-state index in [-0.39, 0.29) is 23.5 Å². The molecule has 37 heavy (non-hydrogen) atoms. The summed E-state index contributed by atoms with van der Waals surface area (Å²) < 4.78 is 72.3. The summed E-state index contributed by atoms with van der Waals surface area (Å²) >= 11 is 3.51. The third-order valence-corrected chi connectivity index (χ3v) is 7.83. The van der Waals surface area contributed by atoms with Crippen molar-refractivity contribution < 1.29 is 35.9 Å². The maximum Gasteiger partial charge on any atom is 0.516 e. The summed E-state index contributed by atoms with van der Waals surface area (Å²) in [7, 11) is -5.70. The Morgan fingerprint density at radius 1 is 1.14 bits per heavy atom. The number of nitrogens with one attached hydrogen (secondary N) is 1. The summed E-state index contributed by atoms with van der Waals surface area (Å²) in [5.41, 5.74) is -3.05. The Kier molecular flexibility index (Phi) is 7.12. The molecular formula is C24H21BrF3N3O5S. The van der Waals surface area contributed by atoms with Gasteiger partial charge in [-0.1, -0.05) is 32.0 Å². The number of imidazole rings is 1. The standard InChI is InChI=1S/C24H21BrF3N3O5S/c1-3-17-22(23(32)33)31(19(4-2)29-17)11-15-13-9-10-36-12-16(13)21(25)20(15)14-7-5-6-8-18(14)30-37(34,35)24(26,27)28/h5-10,12,30H,3-4,11H2,1-2H3,(H,32,33). The molecule has 0 atom stereocenters. The molecule has 0 radical (unpaired) electrons. The molecule has 1 aromatic carbocycles. The van der Waals surface area contributed by atoms with E-state index in [0.29, 0.717) is 51.1 Å². The number of benzene rings is 1. The quantitative estimate of drug-likeness (QED) is 0.251. The molecule has 0 fully saturated rings. The Hall–Kier alpha value is -3.32. The van der Waals surface area contributed by atoms with Crippen LogP contribution >= 0.6 is 15.9 Å². The van der Waals surface area contributed by atoms with Gasteiger partial charge in [0.25, 0.3) is 0 Å². The molecule has 4 rings (SSSR count). The lowest BCUT2D eigenvalue weighted by atomic mass is 10.0. The summed E-state index contributed by atoms with van der Waals surface area (Å²) in [4.78, 5) is 16.7. The first-order valence-electron chi connectivity index (χ1n) is 11.1. The Bertz CT molecular complexity index is 1560. The number of anilines is 1. The number of aryl methyl sites for hydroxylation is 2. The van der Waals surface area contributed by atoms with Crippen LogP contribution in [0.1, 0.15) is 41.4 Å². The SMILES string of the molecule is CCc1nc(CC)n(Cc2c3ccocc-3c(Br)c2-c2ccccc2NS(=O)(=O)C(F)(F)F)c1C(=O)O. The summed E-state index contributed by atoms with van der Waals surface area (Å²) in [6.45, 7) is 3.65. The van der Waals surface area contributed by atoms with Crippen molar-refractivity contribution in [3.8, 4) is 22.3 Å². The molecule has 1 aromatic heterocycles. The lowest BCUT2D eigenvalue weighted by Gasteiger charge is -2.17. The second-order valence-electron chi connectivity index (χ2n) is 8.07. The van der Waals surface area contributed by atoms with Crippen molar-refractivity contribution in [1.82, 2.24) is 9.55 Å². The fraction of sp³-hybridized carbons (Fsp3) is 0.250. The van der Waals surface area contributed by atoms with Gasteiger partial charge in [-0.15, -0.1) is 0 Å². The molecular weight excluding hydrogens is 579 g/mol. The molecule has 0 spiro atoms. The van der Waals surface area contributed by atoms with E-state index in [9.17, 15) is 31.5 Å². The first-order chi connectivity index (χ1) is 17.4. The van der Waals surface area contributed by atoms with Crippen LogP contribution in [0.4, 0.5) is 18.9 Å². The van der Waals surface area contributed by atoms with E-state index in [0.717, 1.165) is 0 Å². The van der Waals surface area contributed by atoms with Crippen LogP contribution in [-0.4, -0.2) is 34.6 Å². The highest BCUT2D eigenvalue weighted by Gasteiger charge is 2.46. The van der Waals surface area contributed by atoms with Crippen LogP contribution < -0.4 is 4.72 Å². The van der Waals surface area contributed by atoms with E-state index in [2.05, 4.69) is 20.9 Å². The summed E-state index contributed by atoms with van der Waals surface area (Å²) in [6, 6.07) is 7.34. The van der Waals surface area contributed by atoms with Gasteiger partial charge in [0.05, 0.1) is 30.5 Å². The zero-order valence-corrected chi connectivity index (χ0v) is 22.0. The molecule has 2 heterocycles. The Balaban J connectivity index is 1.99. The fourth-order valence-electron chi connectivity index (χ4n) is 4.28. The van der Waals surface area contributed by atoms with E-state index in [1.165, 1.54) is 30.7 Å².